The highest BCUT2D eigenvalue weighted by Gasteiger charge is 2.25. The van der Waals surface area contributed by atoms with Gasteiger partial charge in [-0.1, -0.05) is 68.4 Å². The van der Waals surface area contributed by atoms with Crippen molar-refractivity contribution in [2.24, 2.45) is 0 Å². The summed E-state index contributed by atoms with van der Waals surface area (Å²) in [4.78, 5) is 54.6. The fraction of sp³-hybridized carbons (Fsp3) is 0.0943. The SMILES string of the molecule is Cc1ccc(Oc2ccc(C(C)(C)c3ccc(Oc4ccc(C=O)c(C(=O)N(C)c5cccc6cc(O)ccc56)c4)cc3)cc2)cc1C(=O)N(C=O)c1cccc2cc(O)ccc12. The maximum atomic E-state index is 13.8. The highest BCUT2D eigenvalue weighted by Crippen LogP contribution is 2.37. The Morgan fingerprint density at radius 2 is 1.05 bits per heavy atom. The summed E-state index contributed by atoms with van der Waals surface area (Å²) in [6.07, 6.45) is 1.14. The summed E-state index contributed by atoms with van der Waals surface area (Å²) >= 11 is 0. The van der Waals surface area contributed by atoms with Gasteiger partial charge in [0.15, 0.2) is 6.29 Å². The number of fused-ring (bicyclic) bond motifs is 2. The van der Waals surface area contributed by atoms with Gasteiger partial charge in [-0.2, -0.15) is 0 Å². The number of nitrogens with zero attached hydrogens (tertiary/aromatic N) is 2. The molecule has 0 aliphatic carbocycles. The normalized spacial score (nSPS) is 11.2. The van der Waals surface area contributed by atoms with Gasteiger partial charge < -0.3 is 24.6 Å². The van der Waals surface area contributed by atoms with Crippen LogP contribution in [0.5, 0.6) is 34.5 Å². The van der Waals surface area contributed by atoms with E-state index in [1.165, 1.54) is 11.0 Å². The van der Waals surface area contributed by atoms with Gasteiger partial charge in [0.05, 0.1) is 16.9 Å². The van der Waals surface area contributed by atoms with E-state index < -0.39 is 17.2 Å². The first-order valence-electron chi connectivity index (χ1n) is 20.1. The molecule has 0 heterocycles. The van der Waals surface area contributed by atoms with Crippen LogP contribution in [0.3, 0.4) is 0 Å². The number of hydrogen-bond acceptors (Lipinski definition) is 8. The first kappa shape index (κ1) is 41.5. The lowest BCUT2D eigenvalue weighted by Crippen LogP contribution is -2.30. The lowest BCUT2D eigenvalue weighted by molar-refractivity contribution is -0.106. The molecule has 0 atom stereocenters. The number of aldehydes is 1. The summed E-state index contributed by atoms with van der Waals surface area (Å²) in [7, 11) is 1.64. The molecule has 10 heteroatoms. The number of phenols is 2. The van der Waals surface area contributed by atoms with Crippen LogP contribution in [0.25, 0.3) is 21.5 Å². The summed E-state index contributed by atoms with van der Waals surface area (Å²) in [5.41, 5.74) is 4.04. The molecule has 0 radical (unpaired) electrons. The van der Waals surface area contributed by atoms with Crippen LogP contribution in [-0.2, 0) is 10.2 Å². The zero-order valence-corrected chi connectivity index (χ0v) is 34.9. The smallest absolute Gasteiger partial charge is 0.265 e. The quantitative estimate of drug-likeness (QED) is 0.116. The predicted molar refractivity (Wildman–Crippen MR) is 245 cm³/mol. The standard InChI is InChI=1S/C53H42N2O8/c1-33-11-19-43(29-47(33)52(61)55(32-57)50-10-6-8-35-28-40(59)18-26-46(35)50)62-41-21-13-37(14-22-41)53(2,3)38-15-23-42(24-16-38)63-44-20-12-36(31-56)48(30-44)51(60)54(4)49-9-5-7-34-27-39(58)17-25-45(34)49/h5-32,58-59H,1-4H3. The minimum atomic E-state index is -0.512. The molecule has 0 fully saturated rings. The number of hydrogen-bond donors (Lipinski definition) is 2. The van der Waals surface area contributed by atoms with Crippen LogP contribution in [0.15, 0.2) is 158 Å². The van der Waals surface area contributed by atoms with E-state index in [0.29, 0.717) is 69.0 Å². The number of aryl methyl sites for hydroxylation is 1. The second-order valence-electron chi connectivity index (χ2n) is 15.7. The molecule has 63 heavy (non-hydrogen) atoms. The van der Waals surface area contributed by atoms with Gasteiger partial charge in [0.25, 0.3) is 11.8 Å². The molecule has 0 aliphatic heterocycles. The number of ether oxygens (including phenoxy) is 2. The van der Waals surface area contributed by atoms with Crippen molar-refractivity contribution < 1.29 is 38.9 Å². The van der Waals surface area contributed by atoms with E-state index in [4.69, 9.17) is 9.47 Å². The number of aromatic hydroxyl groups is 2. The summed E-state index contributed by atoms with van der Waals surface area (Å²) in [6, 6.07) is 45.7. The van der Waals surface area contributed by atoms with Crippen LogP contribution in [-0.4, -0.2) is 41.8 Å². The van der Waals surface area contributed by atoms with Crippen molar-refractivity contribution in [3.63, 3.8) is 0 Å². The van der Waals surface area contributed by atoms with Crippen LogP contribution in [0, 0.1) is 6.92 Å². The molecule has 0 aromatic heterocycles. The van der Waals surface area contributed by atoms with Crippen LogP contribution in [0.2, 0.25) is 0 Å². The highest BCUT2D eigenvalue weighted by atomic mass is 16.5. The topological polar surface area (TPSA) is 134 Å². The van der Waals surface area contributed by atoms with Gasteiger partial charge in [-0.3, -0.25) is 19.2 Å². The van der Waals surface area contributed by atoms with Crippen molar-refractivity contribution in [2.75, 3.05) is 16.8 Å². The second kappa shape index (κ2) is 17.0. The highest BCUT2D eigenvalue weighted by molar-refractivity contribution is 6.20. The molecule has 8 rings (SSSR count). The van der Waals surface area contributed by atoms with Gasteiger partial charge in [-0.15, -0.1) is 0 Å². The molecule has 0 aliphatic rings. The zero-order chi connectivity index (χ0) is 44.4. The molecule has 2 N–H and O–H groups in total. The third-order valence-corrected chi connectivity index (χ3v) is 11.4. The van der Waals surface area contributed by atoms with Crippen LogP contribution in [0.1, 0.15) is 61.6 Å². The molecule has 0 saturated carbocycles. The first-order chi connectivity index (χ1) is 30.3. The maximum Gasteiger partial charge on any atom is 0.265 e. The van der Waals surface area contributed by atoms with Crippen LogP contribution in [0.4, 0.5) is 11.4 Å². The summed E-state index contributed by atoms with van der Waals surface area (Å²) in [5.74, 6) is 1.22. The number of rotatable bonds is 12. The molecule has 3 amide bonds. The first-order valence-corrected chi connectivity index (χ1v) is 20.1. The molecular weight excluding hydrogens is 793 g/mol. The Balaban J connectivity index is 0.954. The predicted octanol–water partition coefficient (Wildman–Crippen LogP) is 11.5. The molecule has 0 unspecified atom stereocenters. The van der Waals surface area contributed by atoms with Crippen molar-refractivity contribution >= 4 is 57.4 Å². The lowest BCUT2D eigenvalue weighted by atomic mass is 9.78. The lowest BCUT2D eigenvalue weighted by Gasteiger charge is -2.26. The largest absolute Gasteiger partial charge is 0.508 e. The minimum absolute atomic E-state index is 0.0837. The minimum Gasteiger partial charge on any atom is -0.508 e. The van der Waals surface area contributed by atoms with E-state index in [1.807, 2.05) is 60.7 Å². The van der Waals surface area contributed by atoms with E-state index in [1.54, 1.807) is 105 Å². The third-order valence-electron chi connectivity index (χ3n) is 11.4. The fourth-order valence-corrected chi connectivity index (χ4v) is 7.74. The molecule has 10 nitrogen and oxygen atoms in total. The van der Waals surface area contributed by atoms with Gasteiger partial charge in [-0.05, 0) is 138 Å². The van der Waals surface area contributed by atoms with E-state index >= 15 is 0 Å². The molecule has 0 spiro atoms. The Morgan fingerprint density at radius 1 is 0.556 bits per heavy atom. The van der Waals surface area contributed by atoms with Crippen molar-refractivity contribution in [2.45, 2.75) is 26.2 Å². The third kappa shape index (κ3) is 8.30. The fourth-order valence-electron chi connectivity index (χ4n) is 7.74. The van der Waals surface area contributed by atoms with Crippen molar-refractivity contribution in [1.82, 2.24) is 0 Å². The molecule has 312 valence electrons. The van der Waals surface area contributed by atoms with Crippen LogP contribution >= 0.6 is 0 Å². The van der Waals surface area contributed by atoms with Gasteiger partial charge in [0.1, 0.15) is 34.5 Å². The summed E-state index contributed by atoms with van der Waals surface area (Å²) in [6.45, 7) is 6.02. The molecule has 8 aromatic rings. The molecular formula is C53H42N2O8. The molecule has 0 bridgehead atoms. The number of amides is 3. The number of imide groups is 1. The Morgan fingerprint density at radius 3 is 1.59 bits per heavy atom. The number of benzene rings is 8. The van der Waals surface area contributed by atoms with Crippen molar-refractivity contribution in [3.8, 4) is 34.5 Å². The summed E-state index contributed by atoms with van der Waals surface area (Å²) < 4.78 is 12.4. The summed E-state index contributed by atoms with van der Waals surface area (Å²) in [5, 5.41) is 22.8. The van der Waals surface area contributed by atoms with Crippen LogP contribution < -0.4 is 19.3 Å². The van der Waals surface area contributed by atoms with E-state index in [-0.39, 0.29) is 22.6 Å². The monoisotopic (exact) mass is 834 g/mol. The van der Waals surface area contributed by atoms with E-state index in [2.05, 4.69) is 13.8 Å². The number of carbonyl (C=O) groups is 4. The average Bonchev–Trinajstić information content (AvgIpc) is 3.29. The van der Waals surface area contributed by atoms with Gasteiger partial charge in [0, 0.05) is 34.4 Å². The Bertz CT molecular complexity index is 3070. The number of anilines is 2. The number of phenolic OH excluding ortho intramolecular Hbond substituents is 2. The molecule has 0 saturated heterocycles. The van der Waals surface area contributed by atoms with Crippen molar-refractivity contribution in [3.05, 3.63) is 191 Å². The second-order valence-corrected chi connectivity index (χ2v) is 15.7. The van der Waals surface area contributed by atoms with E-state index in [9.17, 15) is 29.4 Å². The zero-order valence-electron chi connectivity index (χ0n) is 34.9. The number of carbonyl (C=O) groups excluding carboxylic acids is 4. The Labute approximate surface area is 363 Å². The Kier molecular flexibility index (Phi) is 11.2. The maximum absolute atomic E-state index is 13.8. The molecule has 8 aromatic carbocycles. The van der Waals surface area contributed by atoms with Gasteiger partial charge in [-0.25, -0.2) is 4.90 Å². The van der Waals surface area contributed by atoms with Crippen molar-refractivity contribution in [1.29, 1.82) is 0 Å². The average molecular weight is 835 g/mol. The Hall–Kier alpha value is -8.24. The van der Waals surface area contributed by atoms with Gasteiger partial charge in [0.2, 0.25) is 6.41 Å². The van der Waals surface area contributed by atoms with Gasteiger partial charge >= 0.3 is 0 Å². The van der Waals surface area contributed by atoms with E-state index in [0.717, 1.165) is 26.8 Å².